The number of rotatable bonds is 8. The molecule has 3 rings (SSSR count). The normalized spacial score (nSPS) is 18.7. The molecule has 0 atom stereocenters. The number of carbonyl (C=O) groups is 2. The highest BCUT2D eigenvalue weighted by molar-refractivity contribution is 5.96. The quantitative estimate of drug-likeness (QED) is 0.633. The van der Waals surface area contributed by atoms with Gasteiger partial charge in [0.1, 0.15) is 12.3 Å². The Morgan fingerprint density at radius 3 is 2.26 bits per heavy atom. The average molecular weight is 431 g/mol. The molecule has 0 spiro atoms. The molecule has 7 nitrogen and oxygen atoms in total. The Hall–Kier alpha value is -2.12. The fourth-order valence-electron chi connectivity index (χ4n) is 4.48. The van der Waals surface area contributed by atoms with E-state index in [1.54, 1.807) is 36.3 Å². The molecule has 2 aliphatic heterocycles. The number of likely N-dealkylation sites (tertiary alicyclic amines) is 1. The molecule has 1 aromatic carbocycles. The number of nitrogens with zero attached hydrogens (tertiary/aromatic N) is 4. The lowest BCUT2D eigenvalue weighted by atomic mass is 10.0. The number of carbonyl (C=O) groups excluding carboxylic acids is 2. The predicted molar refractivity (Wildman–Crippen MR) is 122 cm³/mol. The molecule has 172 valence electrons. The first-order chi connectivity index (χ1) is 15.0. The molecular weight excluding hydrogens is 392 g/mol. The molecule has 1 aromatic rings. The molecule has 0 unspecified atom stereocenters. The van der Waals surface area contributed by atoms with Crippen molar-refractivity contribution in [3.63, 3.8) is 0 Å². The third-order valence-corrected chi connectivity index (χ3v) is 6.60. The van der Waals surface area contributed by atoms with Crippen molar-refractivity contribution in [3.8, 4) is 5.75 Å². The third-order valence-electron chi connectivity index (χ3n) is 6.60. The zero-order valence-corrected chi connectivity index (χ0v) is 19.4. The summed E-state index contributed by atoms with van der Waals surface area (Å²) >= 11 is 0. The Morgan fingerprint density at radius 2 is 1.68 bits per heavy atom. The molecule has 2 amide bonds. The molecule has 0 saturated carbocycles. The summed E-state index contributed by atoms with van der Waals surface area (Å²) < 4.78 is 5.18. The first-order valence-electron chi connectivity index (χ1n) is 11.7. The summed E-state index contributed by atoms with van der Waals surface area (Å²) in [5, 5.41) is 0. The van der Waals surface area contributed by atoms with E-state index in [0.717, 1.165) is 57.9 Å². The number of benzene rings is 1. The standard InChI is InChI=1S/C24H38N4O3/c1-4-5-12-28(24(30)20-6-8-22(31-3)9-7-20)19-23(29)27-17-15-26(16-18-27)21-10-13-25(2)14-11-21/h6-9,21H,4-5,10-19H2,1-3H3. The SMILES string of the molecule is CCCCN(CC(=O)N1CCN(C2CCN(C)CC2)CC1)C(=O)c1ccc(OC)cc1. The lowest BCUT2D eigenvalue weighted by Crippen LogP contribution is -2.55. The van der Waals surface area contributed by atoms with Crippen molar-refractivity contribution >= 4 is 11.8 Å². The number of piperidine rings is 1. The zero-order chi connectivity index (χ0) is 22.2. The molecule has 0 aromatic heterocycles. The number of methoxy groups -OCH3 is 1. The van der Waals surface area contributed by atoms with E-state index in [0.29, 0.717) is 18.2 Å². The van der Waals surface area contributed by atoms with Gasteiger partial charge in [-0.1, -0.05) is 13.3 Å². The Morgan fingerprint density at radius 1 is 1.03 bits per heavy atom. The zero-order valence-electron chi connectivity index (χ0n) is 19.4. The number of ether oxygens (including phenoxy) is 1. The Labute approximate surface area is 186 Å². The fraction of sp³-hybridized carbons (Fsp3) is 0.667. The first-order valence-corrected chi connectivity index (χ1v) is 11.7. The van der Waals surface area contributed by atoms with E-state index in [4.69, 9.17) is 4.74 Å². The molecule has 2 saturated heterocycles. The van der Waals surface area contributed by atoms with Crippen LogP contribution in [0.5, 0.6) is 5.75 Å². The monoisotopic (exact) mass is 430 g/mol. The van der Waals surface area contributed by atoms with Crippen LogP contribution in [0.15, 0.2) is 24.3 Å². The molecular formula is C24H38N4O3. The highest BCUT2D eigenvalue weighted by atomic mass is 16.5. The minimum atomic E-state index is -0.0885. The second kappa shape index (κ2) is 11.5. The van der Waals surface area contributed by atoms with Gasteiger partial charge < -0.3 is 19.4 Å². The Kier molecular flexibility index (Phi) is 8.72. The van der Waals surface area contributed by atoms with Crippen LogP contribution in [0.25, 0.3) is 0 Å². The number of piperazine rings is 1. The fourth-order valence-corrected chi connectivity index (χ4v) is 4.48. The van der Waals surface area contributed by atoms with Gasteiger partial charge in [0.2, 0.25) is 5.91 Å². The second-order valence-electron chi connectivity index (χ2n) is 8.76. The van der Waals surface area contributed by atoms with Crippen LogP contribution in [0.1, 0.15) is 43.0 Å². The van der Waals surface area contributed by atoms with Crippen molar-refractivity contribution in [2.45, 2.75) is 38.6 Å². The summed E-state index contributed by atoms with van der Waals surface area (Å²) in [4.78, 5) is 34.7. The summed E-state index contributed by atoms with van der Waals surface area (Å²) in [6.45, 7) is 8.53. The molecule has 0 radical (unpaired) electrons. The second-order valence-corrected chi connectivity index (χ2v) is 8.76. The van der Waals surface area contributed by atoms with Gasteiger partial charge in [-0.15, -0.1) is 0 Å². The summed E-state index contributed by atoms with van der Waals surface area (Å²) in [7, 11) is 3.79. The maximum Gasteiger partial charge on any atom is 0.254 e. The lowest BCUT2D eigenvalue weighted by molar-refractivity contribution is -0.134. The largest absolute Gasteiger partial charge is 0.497 e. The van der Waals surface area contributed by atoms with Gasteiger partial charge in [0.25, 0.3) is 5.91 Å². The van der Waals surface area contributed by atoms with Gasteiger partial charge in [-0.05, 0) is 63.7 Å². The molecule has 7 heteroatoms. The molecule has 0 N–H and O–H groups in total. The van der Waals surface area contributed by atoms with Crippen LogP contribution in [-0.4, -0.2) is 104 Å². The number of unbranched alkanes of at least 4 members (excludes halogenated alkanes) is 1. The smallest absolute Gasteiger partial charge is 0.254 e. The number of hydrogen-bond acceptors (Lipinski definition) is 5. The van der Waals surface area contributed by atoms with Gasteiger partial charge in [-0.2, -0.15) is 0 Å². The molecule has 2 fully saturated rings. The van der Waals surface area contributed by atoms with Crippen LogP contribution in [0.2, 0.25) is 0 Å². The van der Waals surface area contributed by atoms with E-state index < -0.39 is 0 Å². The third kappa shape index (κ3) is 6.43. The van der Waals surface area contributed by atoms with Crippen molar-refractivity contribution in [1.29, 1.82) is 0 Å². The highest BCUT2D eigenvalue weighted by Crippen LogP contribution is 2.18. The van der Waals surface area contributed by atoms with Crippen molar-refractivity contribution in [2.75, 3.05) is 66.5 Å². The maximum atomic E-state index is 13.1. The predicted octanol–water partition coefficient (Wildman–Crippen LogP) is 2.18. The summed E-state index contributed by atoms with van der Waals surface area (Å²) in [6.07, 6.45) is 4.30. The number of amides is 2. The van der Waals surface area contributed by atoms with E-state index in [2.05, 4.69) is 23.8 Å². The van der Waals surface area contributed by atoms with E-state index in [-0.39, 0.29) is 18.4 Å². The van der Waals surface area contributed by atoms with Crippen molar-refractivity contribution in [2.24, 2.45) is 0 Å². The number of hydrogen-bond donors (Lipinski definition) is 0. The van der Waals surface area contributed by atoms with Gasteiger partial charge in [-0.3, -0.25) is 14.5 Å². The Balaban J connectivity index is 1.54. The topological polar surface area (TPSA) is 56.3 Å². The highest BCUT2D eigenvalue weighted by Gasteiger charge is 2.29. The van der Waals surface area contributed by atoms with Crippen LogP contribution < -0.4 is 4.74 Å². The van der Waals surface area contributed by atoms with Crippen molar-refractivity contribution in [3.05, 3.63) is 29.8 Å². The summed E-state index contributed by atoms with van der Waals surface area (Å²) in [5.74, 6) is 0.686. The maximum absolute atomic E-state index is 13.1. The Bertz CT molecular complexity index is 708. The minimum absolute atomic E-state index is 0.0565. The van der Waals surface area contributed by atoms with Crippen LogP contribution in [0.4, 0.5) is 0 Å². The lowest BCUT2D eigenvalue weighted by Gasteiger charge is -2.42. The van der Waals surface area contributed by atoms with E-state index in [1.165, 1.54) is 12.8 Å². The van der Waals surface area contributed by atoms with E-state index in [1.807, 2.05) is 4.90 Å². The van der Waals surface area contributed by atoms with E-state index >= 15 is 0 Å². The molecule has 0 aliphatic carbocycles. The summed E-state index contributed by atoms with van der Waals surface area (Å²) in [5.41, 5.74) is 0.594. The summed E-state index contributed by atoms with van der Waals surface area (Å²) in [6, 6.07) is 7.76. The average Bonchev–Trinajstić information content (AvgIpc) is 2.82. The van der Waals surface area contributed by atoms with Gasteiger partial charge in [-0.25, -0.2) is 0 Å². The van der Waals surface area contributed by atoms with Gasteiger partial charge >= 0.3 is 0 Å². The van der Waals surface area contributed by atoms with Crippen LogP contribution in [-0.2, 0) is 4.79 Å². The van der Waals surface area contributed by atoms with Crippen LogP contribution >= 0.6 is 0 Å². The minimum Gasteiger partial charge on any atom is -0.497 e. The van der Waals surface area contributed by atoms with Gasteiger partial charge in [0.15, 0.2) is 0 Å². The van der Waals surface area contributed by atoms with Gasteiger partial charge in [0.05, 0.1) is 7.11 Å². The van der Waals surface area contributed by atoms with Crippen LogP contribution in [0.3, 0.4) is 0 Å². The van der Waals surface area contributed by atoms with Crippen molar-refractivity contribution in [1.82, 2.24) is 19.6 Å². The van der Waals surface area contributed by atoms with Crippen LogP contribution in [0, 0.1) is 0 Å². The first kappa shape index (κ1) is 23.5. The van der Waals surface area contributed by atoms with Gasteiger partial charge in [0, 0.05) is 44.3 Å². The molecule has 0 bridgehead atoms. The van der Waals surface area contributed by atoms with E-state index in [9.17, 15) is 9.59 Å². The molecule has 2 heterocycles. The molecule has 31 heavy (non-hydrogen) atoms. The molecule has 2 aliphatic rings. The van der Waals surface area contributed by atoms with Crippen molar-refractivity contribution < 1.29 is 14.3 Å².